The minimum Gasteiger partial charge on any atom is -0.385 e. The monoisotopic (exact) mass is 326 g/mol. The SMILES string of the molecule is CCCCCCCCCCCC1CN(C(O)CC)C(C(C)O)=N1. The maximum atomic E-state index is 10.1. The largest absolute Gasteiger partial charge is 0.385 e. The van der Waals surface area contributed by atoms with E-state index in [1.54, 1.807) is 6.92 Å². The van der Waals surface area contributed by atoms with Gasteiger partial charge in [-0.05, 0) is 19.8 Å². The predicted molar refractivity (Wildman–Crippen MR) is 97.8 cm³/mol. The molecular weight excluding hydrogens is 288 g/mol. The van der Waals surface area contributed by atoms with E-state index in [1.165, 1.54) is 57.8 Å². The van der Waals surface area contributed by atoms with Crippen LogP contribution in [0.25, 0.3) is 0 Å². The van der Waals surface area contributed by atoms with Crippen molar-refractivity contribution >= 4 is 5.84 Å². The summed E-state index contributed by atoms with van der Waals surface area (Å²) in [4.78, 5) is 6.52. The minimum atomic E-state index is -0.593. The summed E-state index contributed by atoms with van der Waals surface area (Å²) in [6, 6.07) is 0.241. The molecule has 1 heterocycles. The van der Waals surface area contributed by atoms with Gasteiger partial charge < -0.3 is 15.1 Å². The Labute approximate surface area is 143 Å². The number of unbranched alkanes of at least 4 members (excludes halogenated alkanes) is 8. The molecule has 3 unspecified atom stereocenters. The van der Waals surface area contributed by atoms with Gasteiger partial charge in [-0.15, -0.1) is 0 Å². The second kappa shape index (κ2) is 11.9. The van der Waals surface area contributed by atoms with Crippen LogP contribution in [0.15, 0.2) is 4.99 Å². The number of hydrogen-bond donors (Lipinski definition) is 2. The zero-order chi connectivity index (χ0) is 17.1. The van der Waals surface area contributed by atoms with Crippen LogP contribution in [0.2, 0.25) is 0 Å². The second-order valence-corrected chi connectivity index (χ2v) is 6.98. The van der Waals surface area contributed by atoms with E-state index in [9.17, 15) is 10.2 Å². The molecule has 1 aliphatic heterocycles. The van der Waals surface area contributed by atoms with Gasteiger partial charge in [-0.25, -0.2) is 0 Å². The van der Waals surface area contributed by atoms with Crippen LogP contribution in [0.1, 0.15) is 91.4 Å². The van der Waals surface area contributed by atoms with Crippen molar-refractivity contribution in [3.05, 3.63) is 0 Å². The highest BCUT2D eigenvalue weighted by atomic mass is 16.3. The van der Waals surface area contributed by atoms with E-state index in [-0.39, 0.29) is 6.04 Å². The first-order valence-electron chi connectivity index (χ1n) is 9.80. The molecule has 4 nitrogen and oxygen atoms in total. The van der Waals surface area contributed by atoms with Crippen LogP contribution in [-0.4, -0.2) is 45.9 Å². The van der Waals surface area contributed by atoms with Crippen molar-refractivity contribution in [1.82, 2.24) is 4.90 Å². The highest BCUT2D eigenvalue weighted by molar-refractivity contribution is 5.87. The van der Waals surface area contributed by atoms with Gasteiger partial charge in [-0.2, -0.15) is 0 Å². The van der Waals surface area contributed by atoms with Crippen molar-refractivity contribution in [1.29, 1.82) is 0 Å². The lowest BCUT2D eigenvalue weighted by molar-refractivity contribution is 0.0464. The third kappa shape index (κ3) is 7.67. The Kier molecular flexibility index (Phi) is 10.5. The first-order valence-corrected chi connectivity index (χ1v) is 9.80. The minimum absolute atomic E-state index is 0.241. The molecule has 0 fully saturated rings. The Hall–Kier alpha value is -0.610. The van der Waals surface area contributed by atoms with Gasteiger partial charge in [-0.1, -0.05) is 71.6 Å². The highest BCUT2D eigenvalue weighted by Crippen LogP contribution is 2.20. The van der Waals surface area contributed by atoms with E-state index in [0.717, 1.165) is 13.0 Å². The molecule has 1 aliphatic rings. The standard InChI is InChI=1S/C19H38N2O2/c1-4-6-7-8-9-10-11-12-13-14-17-15-21(18(23)5-2)19(20-17)16(3)22/h16-18,22-23H,4-15H2,1-3H3. The maximum absolute atomic E-state index is 10.1. The maximum Gasteiger partial charge on any atom is 0.130 e. The average molecular weight is 327 g/mol. The van der Waals surface area contributed by atoms with E-state index in [2.05, 4.69) is 11.9 Å². The van der Waals surface area contributed by atoms with Crippen LogP contribution in [0.3, 0.4) is 0 Å². The van der Waals surface area contributed by atoms with Gasteiger partial charge >= 0.3 is 0 Å². The number of nitrogens with zero attached hydrogens (tertiary/aromatic N) is 2. The third-order valence-corrected chi connectivity index (χ3v) is 4.76. The predicted octanol–water partition coefficient (Wildman–Crippen LogP) is 4.10. The van der Waals surface area contributed by atoms with Crippen molar-refractivity contribution in [2.24, 2.45) is 4.99 Å². The van der Waals surface area contributed by atoms with Crippen LogP contribution in [0, 0.1) is 0 Å². The molecule has 0 radical (unpaired) electrons. The second-order valence-electron chi connectivity index (χ2n) is 6.98. The lowest BCUT2D eigenvalue weighted by Crippen LogP contribution is -2.42. The molecule has 0 aromatic heterocycles. The van der Waals surface area contributed by atoms with Gasteiger partial charge in [0, 0.05) is 6.54 Å². The third-order valence-electron chi connectivity index (χ3n) is 4.76. The number of aliphatic hydroxyl groups excluding tert-OH is 2. The Morgan fingerprint density at radius 1 is 1.00 bits per heavy atom. The summed E-state index contributed by atoms with van der Waals surface area (Å²) in [6.07, 6.45) is 12.6. The Balaban J connectivity index is 2.16. The first kappa shape index (κ1) is 20.4. The molecular formula is C19H38N2O2. The molecule has 1 rings (SSSR count). The topological polar surface area (TPSA) is 56.1 Å². The number of hydrogen-bond acceptors (Lipinski definition) is 4. The van der Waals surface area contributed by atoms with Gasteiger partial charge in [0.2, 0.25) is 0 Å². The first-order chi connectivity index (χ1) is 11.1. The van der Waals surface area contributed by atoms with Crippen molar-refractivity contribution < 1.29 is 10.2 Å². The number of amidine groups is 1. The molecule has 0 saturated heterocycles. The van der Waals surface area contributed by atoms with Crippen molar-refractivity contribution in [3.63, 3.8) is 0 Å². The van der Waals surface area contributed by atoms with Crippen molar-refractivity contribution in [3.8, 4) is 0 Å². The van der Waals surface area contributed by atoms with Gasteiger partial charge in [-0.3, -0.25) is 4.99 Å². The van der Waals surface area contributed by atoms with Crippen molar-refractivity contribution in [2.45, 2.75) is 110 Å². The zero-order valence-electron chi connectivity index (χ0n) is 15.5. The molecule has 3 atom stereocenters. The van der Waals surface area contributed by atoms with Crippen LogP contribution in [0.5, 0.6) is 0 Å². The molecule has 0 bridgehead atoms. The molecule has 0 amide bonds. The fourth-order valence-electron chi connectivity index (χ4n) is 3.31. The summed E-state index contributed by atoms with van der Waals surface area (Å²) in [6.45, 7) is 6.70. The summed E-state index contributed by atoms with van der Waals surface area (Å²) >= 11 is 0. The van der Waals surface area contributed by atoms with Crippen LogP contribution in [0.4, 0.5) is 0 Å². The van der Waals surface area contributed by atoms with Crippen molar-refractivity contribution in [2.75, 3.05) is 6.54 Å². The molecule has 0 aromatic rings. The Bertz CT molecular complexity index is 331. The normalized spacial score (nSPS) is 20.7. The quantitative estimate of drug-likeness (QED) is 0.501. The lowest BCUT2D eigenvalue weighted by Gasteiger charge is -2.27. The number of aliphatic imine (C=N–C) groups is 1. The van der Waals surface area contributed by atoms with E-state index >= 15 is 0 Å². The van der Waals surface area contributed by atoms with E-state index in [0.29, 0.717) is 12.3 Å². The summed E-state index contributed by atoms with van der Waals surface area (Å²) < 4.78 is 0. The smallest absolute Gasteiger partial charge is 0.130 e. The number of aliphatic hydroxyl groups is 2. The fraction of sp³-hybridized carbons (Fsp3) is 0.947. The molecule has 136 valence electrons. The molecule has 23 heavy (non-hydrogen) atoms. The Morgan fingerprint density at radius 2 is 1.57 bits per heavy atom. The van der Waals surface area contributed by atoms with Crippen LogP contribution >= 0.6 is 0 Å². The molecule has 0 aromatic carbocycles. The van der Waals surface area contributed by atoms with E-state index < -0.39 is 12.3 Å². The average Bonchev–Trinajstić information content (AvgIpc) is 2.97. The van der Waals surface area contributed by atoms with E-state index in [4.69, 9.17) is 0 Å². The molecule has 0 saturated carbocycles. The molecule has 0 spiro atoms. The Morgan fingerprint density at radius 3 is 2.09 bits per heavy atom. The van der Waals surface area contributed by atoms with Crippen LogP contribution < -0.4 is 0 Å². The van der Waals surface area contributed by atoms with Gasteiger partial charge in [0.25, 0.3) is 0 Å². The lowest BCUT2D eigenvalue weighted by atomic mass is 10.0. The molecule has 2 N–H and O–H groups in total. The number of rotatable bonds is 13. The van der Waals surface area contributed by atoms with Gasteiger partial charge in [0.15, 0.2) is 0 Å². The summed E-state index contributed by atoms with van der Waals surface area (Å²) in [5.74, 6) is 0.667. The summed E-state index contributed by atoms with van der Waals surface area (Å²) in [5, 5.41) is 19.9. The zero-order valence-corrected chi connectivity index (χ0v) is 15.5. The van der Waals surface area contributed by atoms with Gasteiger partial charge in [0.05, 0.1) is 6.04 Å². The summed E-state index contributed by atoms with van der Waals surface area (Å²) in [7, 11) is 0. The van der Waals surface area contributed by atoms with Crippen LogP contribution in [-0.2, 0) is 0 Å². The highest BCUT2D eigenvalue weighted by Gasteiger charge is 2.30. The van der Waals surface area contributed by atoms with Gasteiger partial charge in [0.1, 0.15) is 18.2 Å². The molecule has 4 heteroatoms. The summed E-state index contributed by atoms with van der Waals surface area (Å²) in [5.41, 5.74) is 0. The van der Waals surface area contributed by atoms with E-state index in [1.807, 2.05) is 11.8 Å². The molecule has 0 aliphatic carbocycles. The fourth-order valence-corrected chi connectivity index (χ4v) is 3.31.